The van der Waals surface area contributed by atoms with E-state index in [0.29, 0.717) is 0 Å². The van der Waals surface area contributed by atoms with Gasteiger partial charge in [0.05, 0.1) is 18.0 Å². The quantitative estimate of drug-likeness (QED) is 0.790. The largest absolute Gasteiger partial charge is 0.390 e. The first kappa shape index (κ1) is 12.3. The summed E-state index contributed by atoms with van der Waals surface area (Å²) in [6.45, 7) is 1.93. The number of fused-ring (bicyclic) bond motifs is 1. The van der Waals surface area contributed by atoms with Crippen molar-refractivity contribution in [2.24, 2.45) is 0 Å². The average molecular weight is 318 g/mol. The van der Waals surface area contributed by atoms with Crippen molar-refractivity contribution in [2.75, 3.05) is 0 Å². The van der Waals surface area contributed by atoms with Gasteiger partial charge in [-0.2, -0.15) is 0 Å². The number of hydrogen-bond acceptors (Lipinski definition) is 3. The molecule has 0 amide bonds. The minimum Gasteiger partial charge on any atom is -0.390 e. The first-order valence-electron chi connectivity index (χ1n) is 5.89. The van der Waals surface area contributed by atoms with E-state index in [9.17, 15) is 5.11 Å². The number of aliphatic hydroxyl groups is 1. The third-order valence-electron chi connectivity index (χ3n) is 3.05. The van der Waals surface area contributed by atoms with E-state index in [2.05, 4.69) is 25.9 Å². The summed E-state index contributed by atoms with van der Waals surface area (Å²) in [5, 5.41) is 9.65. The molecule has 3 heterocycles. The SMILES string of the molecule is Cc1cc(Br)cn2c(CO)c(-c3cccnc3)nc12. The molecule has 0 atom stereocenters. The topological polar surface area (TPSA) is 50.4 Å². The smallest absolute Gasteiger partial charge is 0.140 e. The van der Waals surface area contributed by atoms with Crippen LogP contribution in [0.3, 0.4) is 0 Å². The van der Waals surface area contributed by atoms with Gasteiger partial charge in [0, 0.05) is 28.6 Å². The fourth-order valence-electron chi connectivity index (χ4n) is 2.20. The molecule has 3 rings (SSSR count). The summed E-state index contributed by atoms with van der Waals surface area (Å²) >= 11 is 3.47. The van der Waals surface area contributed by atoms with Crippen LogP contribution in [-0.2, 0) is 6.61 Å². The van der Waals surface area contributed by atoms with E-state index in [1.807, 2.05) is 35.7 Å². The Hall–Kier alpha value is -1.72. The number of aryl methyl sites for hydroxylation is 1. The van der Waals surface area contributed by atoms with E-state index in [-0.39, 0.29) is 6.61 Å². The summed E-state index contributed by atoms with van der Waals surface area (Å²) in [5.41, 5.74) is 4.36. The fraction of sp³-hybridized carbons (Fsp3) is 0.143. The van der Waals surface area contributed by atoms with Gasteiger partial charge in [-0.1, -0.05) is 0 Å². The highest BCUT2D eigenvalue weighted by atomic mass is 79.9. The van der Waals surface area contributed by atoms with E-state index in [0.717, 1.165) is 32.6 Å². The second-order valence-corrected chi connectivity index (χ2v) is 5.26. The van der Waals surface area contributed by atoms with Crippen LogP contribution in [0.1, 0.15) is 11.3 Å². The second-order valence-electron chi connectivity index (χ2n) is 4.34. The van der Waals surface area contributed by atoms with Crippen molar-refractivity contribution >= 4 is 21.6 Å². The molecule has 0 fully saturated rings. The Balaban J connectivity index is 2.35. The van der Waals surface area contributed by atoms with Crippen molar-refractivity contribution < 1.29 is 5.11 Å². The van der Waals surface area contributed by atoms with E-state index < -0.39 is 0 Å². The third kappa shape index (κ3) is 2.05. The number of aliphatic hydroxyl groups excluding tert-OH is 1. The molecule has 19 heavy (non-hydrogen) atoms. The number of rotatable bonds is 2. The van der Waals surface area contributed by atoms with Crippen LogP contribution in [0, 0.1) is 6.92 Å². The fourth-order valence-corrected chi connectivity index (χ4v) is 2.75. The minimum absolute atomic E-state index is 0.0682. The van der Waals surface area contributed by atoms with Crippen LogP contribution in [-0.4, -0.2) is 19.5 Å². The van der Waals surface area contributed by atoms with Gasteiger partial charge in [-0.05, 0) is 46.6 Å². The Bertz CT molecular complexity index is 737. The third-order valence-corrected chi connectivity index (χ3v) is 3.49. The number of hydrogen-bond donors (Lipinski definition) is 1. The highest BCUT2D eigenvalue weighted by molar-refractivity contribution is 9.10. The molecule has 5 heteroatoms. The van der Waals surface area contributed by atoms with Crippen molar-refractivity contribution in [1.29, 1.82) is 0 Å². The van der Waals surface area contributed by atoms with E-state index >= 15 is 0 Å². The zero-order valence-electron chi connectivity index (χ0n) is 10.3. The summed E-state index contributed by atoms with van der Waals surface area (Å²) in [6, 6.07) is 5.82. The molecule has 0 radical (unpaired) electrons. The number of pyridine rings is 2. The molecule has 0 saturated carbocycles. The molecule has 0 aromatic carbocycles. The molecule has 1 N–H and O–H groups in total. The summed E-state index contributed by atoms with van der Waals surface area (Å²) in [4.78, 5) is 8.74. The maximum atomic E-state index is 9.65. The number of imidazole rings is 1. The standard InChI is InChI=1S/C14H12BrN3O/c1-9-5-11(15)7-18-12(8-19)13(17-14(9)18)10-3-2-4-16-6-10/h2-7,19H,8H2,1H3. The molecule has 4 nitrogen and oxygen atoms in total. The molecular formula is C14H12BrN3O. The predicted molar refractivity (Wildman–Crippen MR) is 76.8 cm³/mol. The van der Waals surface area contributed by atoms with Crippen molar-refractivity contribution in [2.45, 2.75) is 13.5 Å². The highest BCUT2D eigenvalue weighted by Crippen LogP contribution is 2.27. The van der Waals surface area contributed by atoms with Gasteiger partial charge in [-0.15, -0.1) is 0 Å². The van der Waals surface area contributed by atoms with Crippen LogP contribution in [0.2, 0.25) is 0 Å². The van der Waals surface area contributed by atoms with E-state index in [1.165, 1.54) is 0 Å². The number of halogens is 1. The normalized spacial score (nSPS) is 11.1. The first-order chi connectivity index (χ1) is 9.20. The van der Waals surface area contributed by atoms with Gasteiger partial charge < -0.3 is 5.11 Å². The van der Waals surface area contributed by atoms with Gasteiger partial charge in [0.1, 0.15) is 5.65 Å². The van der Waals surface area contributed by atoms with Crippen LogP contribution in [0.5, 0.6) is 0 Å². The van der Waals surface area contributed by atoms with Gasteiger partial charge >= 0.3 is 0 Å². The molecular weight excluding hydrogens is 306 g/mol. The van der Waals surface area contributed by atoms with Crippen LogP contribution < -0.4 is 0 Å². The second kappa shape index (κ2) is 4.75. The Morgan fingerprint density at radius 1 is 1.42 bits per heavy atom. The Labute approximate surface area is 118 Å². The van der Waals surface area contributed by atoms with Crippen molar-refractivity contribution in [3.8, 4) is 11.3 Å². The first-order valence-corrected chi connectivity index (χ1v) is 6.68. The number of aromatic nitrogens is 3. The molecule has 0 aliphatic carbocycles. The maximum Gasteiger partial charge on any atom is 0.140 e. The Morgan fingerprint density at radius 3 is 2.95 bits per heavy atom. The molecule has 96 valence electrons. The molecule has 0 spiro atoms. The average Bonchev–Trinajstić information content (AvgIpc) is 2.78. The van der Waals surface area contributed by atoms with Crippen molar-refractivity contribution in [1.82, 2.24) is 14.4 Å². The molecule has 3 aromatic heterocycles. The molecule has 0 aliphatic heterocycles. The number of nitrogens with zero attached hydrogens (tertiary/aromatic N) is 3. The van der Waals surface area contributed by atoms with Crippen molar-refractivity contribution in [3.63, 3.8) is 0 Å². The Kier molecular flexibility index (Phi) is 3.08. The molecule has 0 bridgehead atoms. The zero-order valence-corrected chi connectivity index (χ0v) is 11.9. The monoisotopic (exact) mass is 317 g/mol. The lowest BCUT2D eigenvalue weighted by atomic mass is 10.2. The summed E-state index contributed by atoms with van der Waals surface area (Å²) in [7, 11) is 0. The van der Waals surface area contributed by atoms with Gasteiger partial charge in [-0.3, -0.25) is 9.38 Å². The summed E-state index contributed by atoms with van der Waals surface area (Å²) in [6.07, 6.45) is 5.39. The highest BCUT2D eigenvalue weighted by Gasteiger charge is 2.15. The lowest BCUT2D eigenvalue weighted by Gasteiger charge is -2.03. The Morgan fingerprint density at radius 2 is 2.26 bits per heavy atom. The van der Waals surface area contributed by atoms with Gasteiger partial charge in [0.15, 0.2) is 0 Å². The molecule has 0 aliphatic rings. The van der Waals surface area contributed by atoms with Crippen molar-refractivity contribution in [3.05, 3.63) is 52.5 Å². The maximum absolute atomic E-state index is 9.65. The molecule has 3 aromatic rings. The van der Waals surface area contributed by atoms with Crippen LogP contribution in [0.25, 0.3) is 16.9 Å². The summed E-state index contributed by atoms with van der Waals surface area (Å²) < 4.78 is 2.88. The minimum atomic E-state index is -0.0682. The van der Waals surface area contributed by atoms with Gasteiger partial charge in [-0.25, -0.2) is 4.98 Å². The predicted octanol–water partition coefficient (Wildman–Crippen LogP) is 2.96. The molecule has 0 unspecified atom stereocenters. The summed E-state index contributed by atoms with van der Waals surface area (Å²) in [5.74, 6) is 0. The van der Waals surface area contributed by atoms with Gasteiger partial charge in [0.25, 0.3) is 0 Å². The van der Waals surface area contributed by atoms with Crippen LogP contribution >= 0.6 is 15.9 Å². The zero-order chi connectivity index (χ0) is 13.4. The van der Waals surface area contributed by atoms with E-state index in [4.69, 9.17) is 0 Å². The van der Waals surface area contributed by atoms with Crippen LogP contribution in [0.4, 0.5) is 0 Å². The lowest BCUT2D eigenvalue weighted by molar-refractivity contribution is 0.276. The lowest BCUT2D eigenvalue weighted by Crippen LogP contribution is -1.95. The molecule has 0 saturated heterocycles. The van der Waals surface area contributed by atoms with E-state index in [1.54, 1.807) is 12.4 Å². The van der Waals surface area contributed by atoms with Crippen LogP contribution in [0.15, 0.2) is 41.3 Å². The van der Waals surface area contributed by atoms with Gasteiger partial charge in [0.2, 0.25) is 0 Å².